The Hall–Kier alpha value is -1.22. The monoisotopic (exact) mass is 285 g/mol. The van der Waals surface area contributed by atoms with Gasteiger partial charge in [-0.2, -0.15) is 0 Å². The molecule has 1 aromatic rings. The number of rotatable bonds is 4. The summed E-state index contributed by atoms with van der Waals surface area (Å²) in [7, 11) is -1.68. The van der Waals surface area contributed by atoms with E-state index in [4.69, 9.17) is 5.84 Å². The molecule has 106 valence electrons. The van der Waals surface area contributed by atoms with Crippen molar-refractivity contribution < 1.29 is 8.42 Å². The van der Waals surface area contributed by atoms with Crippen molar-refractivity contribution in [1.29, 1.82) is 0 Å². The van der Waals surface area contributed by atoms with Crippen LogP contribution in [0.25, 0.3) is 0 Å². The number of hydrogen-bond acceptors (Lipinski definition) is 6. The number of nitrogens with two attached hydrogens (primary N) is 1. The number of likely N-dealkylation sites (tertiary alicyclic amines) is 1. The van der Waals surface area contributed by atoms with Gasteiger partial charge in [0.05, 0.1) is 5.69 Å². The lowest BCUT2D eigenvalue weighted by atomic mass is 10.1. The molecule has 1 aliphatic heterocycles. The number of nitrogens with one attached hydrogen (secondary N) is 2. The molecule has 0 saturated carbocycles. The summed E-state index contributed by atoms with van der Waals surface area (Å²) in [5, 5.41) is -0.0641. The third-order valence-electron chi connectivity index (χ3n) is 3.13. The Balaban J connectivity index is 2.18. The smallest absolute Gasteiger partial charge is 0.260 e. The number of nitrogen functional groups attached to an aromatic ring is 1. The van der Waals surface area contributed by atoms with Gasteiger partial charge in [0.2, 0.25) is 0 Å². The molecule has 0 aliphatic carbocycles. The number of pyridine rings is 1. The highest BCUT2D eigenvalue weighted by atomic mass is 32.2. The maximum absolute atomic E-state index is 12.3. The van der Waals surface area contributed by atoms with Crippen molar-refractivity contribution in [2.45, 2.75) is 23.9 Å². The van der Waals surface area contributed by atoms with E-state index in [1.165, 1.54) is 6.20 Å². The van der Waals surface area contributed by atoms with Crippen molar-refractivity contribution in [2.75, 3.05) is 25.6 Å². The molecule has 2 rings (SSSR count). The maximum Gasteiger partial charge on any atom is 0.260 e. The van der Waals surface area contributed by atoms with E-state index in [1.807, 2.05) is 7.05 Å². The van der Waals surface area contributed by atoms with E-state index in [0.717, 1.165) is 19.4 Å². The molecule has 0 spiro atoms. The van der Waals surface area contributed by atoms with Gasteiger partial charge < -0.3 is 10.3 Å². The molecule has 4 N–H and O–H groups in total. The molecule has 7 nitrogen and oxygen atoms in total. The first kappa shape index (κ1) is 14.2. The fourth-order valence-corrected chi connectivity index (χ4v) is 3.61. The molecule has 0 radical (unpaired) electrons. The molecule has 1 saturated heterocycles. The molecule has 0 aromatic carbocycles. The second-order valence-corrected chi connectivity index (χ2v) is 6.35. The number of sulfonamides is 1. The number of anilines is 1. The van der Waals surface area contributed by atoms with Crippen LogP contribution in [0.15, 0.2) is 23.4 Å². The molecule has 1 unspecified atom stereocenters. The highest BCUT2D eigenvalue weighted by Gasteiger charge is 2.26. The quantitative estimate of drug-likeness (QED) is 0.520. The van der Waals surface area contributed by atoms with Gasteiger partial charge >= 0.3 is 0 Å². The van der Waals surface area contributed by atoms with Gasteiger partial charge in [-0.3, -0.25) is 5.84 Å². The van der Waals surface area contributed by atoms with Crippen molar-refractivity contribution in [3.63, 3.8) is 0 Å². The minimum absolute atomic E-state index is 0.0641. The molecule has 0 amide bonds. The lowest BCUT2D eigenvalue weighted by Gasteiger charge is -2.29. The molecule has 0 bridgehead atoms. The Kier molecular flexibility index (Phi) is 4.35. The first-order valence-electron chi connectivity index (χ1n) is 6.15. The first-order valence-corrected chi connectivity index (χ1v) is 7.64. The minimum Gasteiger partial charge on any atom is -0.321 e. The van der Waals surface area contributed by atoms with Gasteiger partial charge in [0.1, 0.15) is 0 Å². The maximum atomic E-state index is 12.3. The van der Waals surface area contributed by atoms with E-state index in [9.17, 15) is 8.42 Å². The van der Waals surface area contributed by atoms with Crippen molar-refractivity contribution in [2.24, 2.45) is 5.84 Å². The van der Waals surface area contributed by atoms with E-state index in [0.29, 0.717) is 12.2 Å². The highest BCUT2D eigenvalue weighted by molar-refractivity contribution is 7.89. The average molecular weight is 285 g/mol. The van der Waals surface area contributed by atoms with Gasteiger partial charge in [-0.15, -0.1) is 0 Å². The van der Waals surface area contributed by atoms with Gasteiger partial charge in [0.25, 0.3) is 10.0 Å². The Bertz CT molecular complexity index is 534. The van der Waals surface area contributed by atoms with Crippen LogP contribution in [0.5, 0.6) is 0 Å². The predicted octanol–water partition coefficient (Wildman–Crippen LogP) is -0.260. The van der Waals surface area contributed by atoms with Gasteiger partial charge in [0.15, 0.2) is 5.03 Å². The molecule has 8 heteroatoms. The predicted molar refractivity (Wildman–Crippen MR) is 72.9 cm³/mol. The zero-order chi connectivity index (χ0) is 13.9. The highest BCUT2D eigenvalue weighted by Crippen LogP contribution is 2.18. The second kappa shape index (κ2) is 5.83. The van der Waals surface area contributed by atoms with Crippen molar-refractivity contribution in [3.8, 4) is 0 Å². The van der Waals surface area contributed by atoms with Crippen LogP contribution < -0.4 is 16.0 Å². The molecule has 2 heterocycles. The zero-order valence-electron chi connectivity index (χ0n) is 10.8. The number of aromatic nitrogens is 1. The number of nitrogens with zero attached hydrogens (tertiary/aromatic N) is 2. The number of piperidine rings is 1. The van der Waals surface area contributed by atoms with Gasteiger partial charge in [-0.25, -0.2) is 18.1 Å². The van der Waals surface area contributed by atoms with E-state index in [2.05, 4.69) is 20.0 Å². The summed E-state index contributed by atoms with van der Waals surface area (Å²) >= 11 is 0. The van der Waals surface area contributed by atoms with E-state index < -0.39 is 10.0 Å². The summed E-state index contributed by atoms with van der Waals surface area (Å²) in [6.07, 6.45) is 3.25. The Labute approximate surface area is 113 Å². The minimum atomic E-state index is -3.66. The van der Waals surface area contributed by atoms with Crippen LogP contribution >= 0.6 is 0 Å². The molecular formula is C11H19N5O2S. The van der Waals surface area contributed by atoms with Crippen molar-refractivity contribution in [3.05, 3.63) is 18.3 Å². The number of likely N-dealkylation sites (N-methyl/N-ethyl adjacent to an activating group) is 1. The fourth-order valence-electron chi connectivity index (χ4n) is 2.25. The van der Waals surface area contributed by atoms with Crippen LogP contribution in [0.1, 0.15) is 12.8 Å². The summed E-state index contributed by atoms with van der Waals surface area (Å²) in [5.74, 6) is 5.31. The standard InChI is InChI=1S/C11H19N5O2S/c1-16-7-3-4-9(8-16)15-19(17,18)11-10(14-12)5-2-6-13-11/h2,5-6,9,14-15H,3-4,7-8,12H2,1H3. The van der Waals surface area contributed by atoms with Gasteiger partial charge in [0, 0.05) is 18.8 Å². The third-order valence-corrected chi connectivity index (χ3v) is 4.61. The van der Waals surface area contributed by atoms with Crippen molar-refractivity contribution >= 4 is 15.7 Å². The lowest BCUT2D eigenvalue weighted by Crippen LogP contribution is -2.46. The summed E-state index contributed by atoms with van der Waals surface area (Å²) in [6, 6.07) is 3.12. The van der Waals surface area contributed by atoms with Gasteiger partial charge in [-0.05, 0) is 38.6 Å². The summed E-state index contributed by atoms with van der Waals surface area (Å²) in [6.45, 7) is 1.70. The largest absolute Gasteiger partial charge is 0.321 e. The normalized spacial score (nSPS) is 21.3. The van der Waals surface area contributed by atoms with E-state index >= 15 is 0 Å². The van der Waals surface area contributed by atoms with Crippen molar-refractivity contribution in [1.82, 2.24) is 14.6 Å². The Morgan fingerprint density at radius 1 is 1.53 bits per heavy atom. The summed E-state index contributed by atoms with van der Waals surface area (Å²) in [4.78, 5) is 6.01. The first-order chi connectivity index (χ1) is 9.03. The summed E-state index contributed by atoms with van der Waals surface area (Å²) in [5.41, 5.74) is 2.65. The Morgan fingerprint density at radius 3 is 3.00 bits per heavy atom. The Morgan fingerprint density at radius 2 is 2.32 bits per heavy atom. The van der Waals surface area contributed by atoms with Crippen LogP contribution in [-0.2, 0) is 10.0 Å². The molecule has 1 fully saturated rings. The van der Waals surface area contributed by atoms with Gasteiger partial charge in [-0.1, -0.05) is 0 Å². The molecule has 1 aliphatic rings. The number of hydrazine groups is 1. The molecular weight excluding hydrogens is 266 g/mol. The van der Waals surface area contributed by atoms with Crippen LogP contribution in [-0.4, -0.2) is 44.5 Å². The number of hydrogen-bond donors (Lipinski definition) is 3. The second-order valence-electron chi connectivity index (χ2n) is 4.72. The van der Waals surface area contributed by atoms with E-state index in [1.54, 1.807) is 12.1 Å². The SMILES string of the molecule is CN1CCCC(NS(=O)(=O)c2ncccc2NN)C1. The zero-order valence-corrected chi connectivity index (χ0v) is 11.7. The topological polar surface area (TPSA) is 100 Å². The molecule has 1 aromatic heterocycles. The molecule has 19 heavy (non-hydrogen) atoms. The third kappa shape index (κ3) is 3.41. The van der Waals surface area contributed by atoms with E-state index in [-0.39, 0.29) is 11.1 Å². The average Bonchev–Trinajstić information content (AvgIpc) is 2.38. The molecule has 1 atom stereocenters. The fraction of sp³-hybridized carbons (Fsp3) is 0.545. The van der Waals surface area contributed by atoms with Crippen LogP contribution in [0, 0.1) is 0 Å². The summed E-state index contributed by atoms with van der Waals surface area (Å²) < 4.78 is 27.3. The lowest BCUT2D eigenvalue weighted by molar-refractivity contribution is 0.242. The van der Waals surface area contributed by atoms with Crippen LogP contribution in [0.4, 0.5) is 5.69 Å². The van der Waals surface area contributed by atoms with Crippen LogP contribution in [0.3, 0.4) is 0 Å². The van der Waals surface area contributed by atoms with Crippen LogP contribution in [0.2, 0.25) is 0 Å².